The number of hydrogen-bond acceptors (Lipinski definition) is 4. The van der Waals surface area contributed by atoms with E-state index in [9.17, 15) is 9.59 Å². The molecular formula is C32H66N4O2. The van der Waals surface area contributed by atoms with Crippen molar-refractivity contribution < 1.29 is 9.59 Å². The highest BCUT2D eigenvalue weighted by Gasteiger charge is 2.07. The minimum Gasteiger partial charge on any atom is -0.355 e. The summed E-state index contributed by atoms with van der Waals surface area (Å²) in [5, 5.41) is 13.1. The van der Waals surface area contributed by atoms with E-state index in [1.165, 1.54) is 89.9 Å². The Morgan fingerprint density at radius 3 is 1.13 bits per heavy atom. The molecule has 0 heterocycles. The summed E-state index contributed by atoms with van der Waals surface area (Å²) in [5.41, 5.74) is 0. The SMILES string of the molecule is CCCCCCCCCCCC(=O)NCCNC(CCC)NCCNC(=O)CCCCCCCCCCC. The van der Waals surface area contributed by atoms with Gasteiger partial charge >= 0.3 is 0 Å². The zero-order valence-corrected chi connectivity index (χ0v) is 25.8. The highest BCUT2D eigenvalue weighted by atomic mass is 16.2. The molecule has 0 unspecified atom stereocenters. The molecule has 0 bridgehead atoms. The predicted molar refractivity (Wildman–Crippen MR) is 164 cm³/mol. The number of amides is 2. The third-order valence-corrected chi connectivity index (χ3v) is 7.27. The van der Waals surface area contributed by atoms with Gasteiger partial charge in [0.25, 0.3) is 0 Å². The van der Waals surface area contributed by atoms with Gasteiger partial charge in [0, 0.05) is 39.0 Å². The Bertz CT molecular complexity index is 474. The third kappa shape index (κ3) is 27.9. The van der Waals surface area contributed by atoms with Crippen LogP contribution in [0.3, 0.4) is 0 Å². The summed E-state index contributed by atoms with van der Waals surface area (Å²) in [6.45, 7) is 9.52. The molecule has 38 heavy (non-hydrogen) atoms. The molecule has 0 radical (unpaired) electrons. The fourth-order valence-electron chi connectivity index (χ4n) is 4.83. The monoisotopic (exact) mass is 539 g/mol. The maximum Gasteiger partial charge on any atom is 0.220 e. The van der Waals surface area contributed by atoms with Gasteiger partial charge in [0.15, 0.2) is 0 Å². The molecule has 226 valence electrons. The molecule has 0 saturated heterocycles. The van der Waals surface area contributed by atoms with Crippen molar-refractivity contribution in [3.63, 3.8) is 0 Å². The van der Waals surface area contributed by atoms with Crippen molar-refractivity contribution in [3.8, 4) is 0 Å². The van der Waals surface area contributed by atoms with Crippen molar-refractivity contribution in [1.82, 2.24) is 21.3 Å². The van der Waals surface area contributed by atoms with E-state index in [0.717, 1.165) is 51.6 Å². The Balaban J connectivity index is 3.63. The molecule has 4 N–H and O–H groups in total. The van der Waals surface area contributed by atoms with Gasteiger partial charge in [0.1, 0.15) is 0 Å². The van der Waals surface area contributed by atoms with Gasteiger partial charge in [-0.15, -0.1) is 0 Å². The molecule has 0 aromatic heterocycles. The van der Waals surface area contributed by atoms with Crippen LogP contribution in [-0.4, -0.2) is 44.2 Å². The van der Waals surface area contributed by atoms with Crippen LogP contribution in [0.2, 0.25) is 0 Å². The first-order valence-corrected chi connectivity index (χ1v) is 16.6. The second-order valence-electron chi connectivity index (χ2n) is 11.1. The average molecular weight is 539 g/mol. The molecule has 0 fully saturated rings. The number of carbonyl (C=O) groups excluding carboxylic acids is 2. The van der Waals surface area contributed by atoms with Crippen molar-refractivity contribution in [2.45, 2.75) is 168 Å². The molecule has 0 rings (SSSR count). The van der Waals surface area contributed by atoms with Gasteiger partial charge < -0.3 is 21.3 Å². The average Bonchev–Trinajstić information content (AvgIpc) is 2.91. The fourth-order valence-corrected chi connectivity index (χ4v) is 4.83. The van der Waals surface area contributed by atoms with Crippen LogP contribution in [0.4, 0.5) is 0 Å². The number of rotatable bonds is 30. The van der Waals surface area contributed by atoms with Gasteiger partial charge in [-0.25, -0.2) is 0 Å². The van der Waals surface area contributed by atoms with Crippen molar-refractivity contribution in [1.29, 1.82) is 0 Å². The Labute approximate surface area is 237 Å². The van der Waals surface area contributed by atoms with Gasteiger partial charge in [-0.05, 0) is 19.3 Å². The lowest BCUT2D eigenvalue weighted by atomic mass is 10.1. The molecule has 2 amide bonds. The molecular weight excluding hydrogens is 472 g/mol. The molecule has 0 aliphatic heterocycles. The van der Waals surface area contributed by atoms with Crippen molar-refractivity contribution in [2.75, 3.05) is 26.2 Å². The summed E-state index contributed by atoms with van der Waals surface area (Å²) >= 11 is 0. The van der Waals surface area contributed by atoms with Crippen LogP contribution < -0.4 is 21.3 Å². The van der Waals surface area contributed by atoms with E-state index >= 15 is 0 Å². The topological polar surface area (TPSA) is 82.3 Å². The van der Waals surface area contributed by atoms with Gasteiger partial charge in [-0.1, -0.05) is 130 Å². The summed E-state index contributed by atoms with van der Waals surface area (Å²) in [6, 6.07) is 0. The zero-order chi connectivity index (χ0) is 27.9. The molecule has 0 aromatic rings. The van der Waals surface area contributed by atoms with Crippen LogP contribution >= 0.6 is 0 Å². The summed E-state index contributed by atoms with van der Waals surface area (Å²) in [4.78, 5) is 24.2. The summed E-state index contributed by atoms with van der Waals surface area (Å²) in [7, 11) is 0. The van der Waals surface area contributed by atoms with E-state index in [1.54, 1.807) is 0 Å². The molecule has 6 nitrogen and oxygen atoms in total. The number of carbonyl (C=O) groups is 2. The second-order valence-corrected chi connectivity index (χ2v) is 11.1. The Morgan fingerprint density at radius 2 is 0.789 bits per heavy atom. The smallest absolute Gasteiger partial charge is 0.220 e. The lowest BCUT2D eigenvalue weighted by Gasteiger charge is -2.20. The van der Waals surface area contributed by atoms with Crippen LogP contribution in [0.1, 0.15) is 162 Å². The quantitative estimate of drug-likeness (QED) is 0.0568. The molecule has 0 aliphatic carbocycles. The van der Waals surface area contributed by atoms with Crippen molar-refractivity contribution >= 4 is 11.8 Å². The maximum absolute atomic E-state index is 12.1. The van der Waals surface area contributed by atoms with Crippen LogP contribution in [-0.2, 0) is 9.59 Å². The van der Waals surface area contributed by atoms with Gasteiger partial charge in [-0.3, -0.25) is 9.59 Å². The molecule has 6 heteroatoms. The number of hydrogen-bond donors (Lipinski definition) is 4. The van der Waals surface area contributed by atoms with Gasteiger partial charge in [-0.2, -0.15) is 0 Å². The first-order valence-electron chi connectivity index (χ1n) is 16.6. The lowest BCUT2D eigenvalue weighted by molar-refractivity contribution is -0.122. The van der Waals surface area contributed by atoms with E-state index in [0.29, 0.717) is 25.9 Å². The van der Waals surface area contributed by atoms with E-state index in [1.807, 2.05) is 0 Å². The van der Waals surface area contributed by atoms with Crippen molar-refractivity contribution in [3.05, 3.63) is 0 Å². The molecule has 0 aromatic carbocycles. The van der Waals surface area contributed by atoms with E-state index in [2.05, 4.69) is 42.0 Å². The maximum atomic E-state index is 12.1. The Morgan fingerprint density at radius 1 is 0.447 bits per heavy atom. The Kier molecular flexibility index (Phi) is 29.5. The highest BCUT2D eigenvalue weighted by molar-refractivity contribution is 5.76. The first kappa shape index (κ1) is 36.9. The van der Waals surface area contributed by atoms with Gasteiger partial charge in [0.2, 0.25) is 11.8 Å². The fraction of sp³-hybridized carbons (Fsp3) is 0.938. The van der Waals surface area contributed by atoms with Crippen molar-refractivity contribution in [2.24, 2.45) is 0 Å². The highest BCUT2D eigenvalue weighted by Crippen LogP contribution is 2.11. The minimum absolute atomic E-state index is 0.171. The molecule has 0 aliphatic rings. The van der Waals surface area contributed by atoms with Crippen LogP contribution in [0.5, 0.6) is 0 Å². The standard InChI is InChI=1S/C32H66N4O2/c1-4-7-9-11-13-15-17-19-21-24-31(37)35-28-26-33-30(23-6-3)34-27-29-36-32(38)25-22-20-18-16-14-12-10-8-5-2/h30,33-34H,4-29H2,1-3H3,(H,35,37)(H,36,38). The minimum atomic E-state index is 0.171. The van der Waals surface area contributed by atoms with E-state index < -0.39 is 0 Å². The summed E-state index contributed by atoms with van der Waals surface area (Å²) in [6.07, 6.45) is 26.6. The van der Waals surface area contributed by atoms with Gasteiger partial charge in [0.05, 0.1) is 6.17 Å². The van der Waals surface area contributed by atoms with E-state index in [4.69, 9.17) is 0 Å². The third-order valence-electron chi connectivity index (χ3n) is 7.27. The van der Waals surface area contributed by atoms with Crippen LogP contribution in [0.15, 0.2) is 0 Å². The largest absolute Gasteiger partial charge is 0.355 e. The first-order chi connectivity index (χ1) is 18.6. The number of nitrogens with one attached hydrogen (secondary N) is 4. The summed E-state index contributed by atoms with van der Waals surface area (Å²) < 4.78 is 0. The molecule has 0 atom stereocenters. The molecule has 0 saturated carbocycles. The van der Waals surface area contributed by atoms with E-state index in [-0.39, 0.29) is 18.0 Å². The normalized spacial score (nSPS) is 11.3. The second kappa shape index (κ2) is 30.4. The zero-order valence-electron chi connectivity index (χ0n) is 25.8. The Hall–Kier alpha value is -1.14. The lowest BCUT2D eigenvalue weighted by Crippen LogP contribution is -2.47. The van der Waals surface area contributed by atoms with Crippen LogP contribution in [0, 0.1) is 0 Å². The summed E-state index contributed by atoms with van der Waals surface area (Å²) in [5.74, 6) is 0.342. The number of unbranched alkanes of at least 4 members (excludes halogenated alkanes) is 16. The molecule has 0 spiro atoms. The predicted octanol–water partition coefficient (Wildman–Crippen LogP) is 7.37. The van der Waals surface area contributed by atoms with Crippen LogP contribution in [0.25, 0.3) is 0 Å².